The smallest absolute Gasteiger partial charge is 0.294 e. The van der Waals surface area contributed by atoms with Gasteiger partial charge in [-0.05, 0) is 44.5 Å². The summed E-state index contributed by atoms with van der Waals surface area (Å²) in [7, 11) is 3.03. The number of hydrogen-bond donors (Lipinski definition) is 4. The zero-order valence-electron chi connectivity index (χ0n) is 20.3. The summed E-state index contributed by atoms with van der Waals surface area (Å²) in [5.41, 5.74) is 2.54. The van der Waals surface area contributed by atoms with Gasteiger partial charge in [0.05, 0.1) is 29.4 Å². The number of phenolic OH excluding ortho intramolecular Hbond substituents is 1. The number of carbonyl (C=O) groups excluding carboxylic acids is 6. The predicted octanol–water partition coefficient (Wildman–Crippen LogP) is -0.893. The molecule has 2 amide bonds. The van der Waals surface area contributed by atoms with Crippen LogP contribution in [0.2, 0.25) is 0 Å². The Labute approximate surface area is 214 Å². The molecule has 2 saturated carbocycles. The van der Waals surface area contributed by atoms with E-state index in [-0.39, 0.29) is 29.9 Å². The average Bonchev–Trinajstić information content (AvgIpc) is 3.38. The number of nitrogens with zero attached hydrogens (tertiary/aromatic N) is 2. The molecule has 0 aliphatic heterocycles. The Morgan fingerprint density at radius 2 is 1.87 bits per heavy atom. The van der Waals surface area contributed by atoms with Crippen molar-refractivity contribution in [2.24, 2.45) is 29.4 Å². The van der Waals surface area contributed by atoms with E-state index >= 15 is 0 Å². The lowest BCUT2D eigenvalue weighted by atomic mass is 9.52. The standard InChI is InChI=1S/C25H24N4O9/c1-29(2)17-11-8-10-7-9-3-4-12(28-24(36)13-5-6-27-38-13)18(30)14(9)19(31)15(10)21(33)25(11,37)22(34)16(20(17)32)23(26)35/h3-6,10-11,15-17,30,37H,7-8H2,1-2H3,(H2,26,35)(H,28,36)/t10-,11-,15?,16?,17-,25-/m0/s1. The normalized spacial score (nSPS) is 30.5. The summed E-state index contributed by atoms with van der Waals surface area (Å²) in [4.78, 5) is 79.6. The highest BCUT2D eigenvalue weighted by atomic mass is 16.5. The molecule has 2 unspecified atom stereocenters. The van der Waals surface area contributed by atoms with Crippen LogP contribution in [0, 0.1) is 23.7 Å². The number of likely N-dealkylation sites (N-methyl/N-ethyl adjacent to an activating group) is 1. The highest BCUT2D eigenvalue weighted by Gasteiger charge is 2.69. The monoisotopic (exact) mass is 524 g/mol. The van der Waals surface area contributed by atoms with Gasteiger partial charge in [-0.1, -0.05) is 11.2 Å². The number of amides is 2. The molecule has 38 heavy (non-hydrogen) atoms. The van der Waals surface area contributed by atoms with E-state index in [0.717, 1.165) is 0 Å². The Morgan fingerprint density at radius 1 is 1.16 bits per heavy atom. The van der Waals surface area contributed by atoms with Crippen LogP contribution in [-0.4, -0.2) is 81.0 Å². The van der Waals surface area contributed by atoms with E-state index in [1.165, 1.54) is 43.4 Å². The third kappa shape index (κ3) is 3.42. The fourth-order valence-corrected chi connectivity index (χ4v) is 6.20. The summed E-state index contributed by atoms with van der Waals surface area (Å²) in [6.45, 7) is 0. The van der Waals surface area contributed by atoms with E-state index < -0.39 is 76.0 Å². The number of benzene rings is 1. The minimum atomic E-state index is -2.80. The summed E-state index contributed by atoms with van der Waals surface area (Å²) in [5.74, 6) is -12.3. The summed E-state index contributed by atoms with van der Waals surface area (Å²) in [6.07, 6.45) is 1.33. The fraction of sp³-hybridized carbons (Fsp3) is 0.400. The number of fused-ring (bicyclic) bond motifs is 3. The topological polar surface area (TPSA) is 210 Å². The van der Waals surface area contributed by atoms with Crippen LogP contribution in [0.1, 0.15) is 32.9 Å². The zero-order valence-corrected chi connectivity index (χ0v) is 20.3. The summed E-state index contributed by atoms with van der Waals surface area (Å²) < 4.78 is 4.78. The fourth-order valence-electron chi connectivity index (χ4n) is 6.20. The molecule has 198 valence electrons. The lowest BCUT2D eigenvalue weighted by molar-refractivity contribution is -0.181. The predicted molar refractivity (Wildman–Crippen MR) is 126 cm³/mol. The van der Waals surface area contributed by atoms with Crippen LogP contribution in [0.5, 0.6) is 5.75 Å². The second-order valence-corrected chi connectivity index (χ2v) is 10.1. The van der Waals surface area contributed by atoms with Gasteiger partial charge in [0.25, 0.3) is 5.91 Å². The van der Waals surface area contributed by atoms with Gasteiger partial charge in [0.1, 0.15) is 5.75 Å². The minimum absolute atomic E-state index is 0.0470. The molecule has 3 aliphatic rings. The Balaban J connectivity index is 1.55. The Bertz CT molecular complexity index is 1420. The average molecular weight is 524 g/mol. The minimum Gasteiger partial charge on any atom is -0.505 e. The van der Waals surface area contributed by atoms with Crippen LogP contribution >= 0.6 is 0 Å². The molecule has 0 radical (unpaired) electrons. The maximum atomic E-state index is 13.8. The number of hydrogen-bond acceptors (Lipinski definition) is 11. The van der Waals surface area contributed by atoms with Crippen molar-refractivity contribution in [2.45, 2.75) is 24.5 Å². The van der Waals surface area contributed by atoms with Gasteiger partial charge in [-0.2, -0.15) is 0 Å². The number of primary amides is 1. The van der Waals surface area contributed by atoms with Gasteiger partial charge < -0.3 is 25.8 Å². The van der Waals surface area contributed by atoms with Crippen LogP contribution < -0.4 is 11.1 Å². The number of anilines is 1. The quantitative estimate of drug-likeness (QED) is 0.284. The van der Waals surface area contributed by atoms with Gasteiger partial charge in [0.2, 0.25) is 11.7 Å². The van der Waals surface area contributed by atoms with Gasteiger partial charge in [0.15, 0.2) is 34.7 Å². The molecule has 6 atom stereocenters. The molecular formula is C25H24N4O9. The Morgan fingerprint density at radius 3 is 2.47 bits per heavy atom. The lowest BCUT2D eigenvalue weighted by Crippen LogP contribution is -2.74. The van der Waals surface area contributed by atoms with Crippen molar-refractivity contribution in [3.63, 3.8) is 0 Å². The van der Waals surface area contributed by atoms with Crippen molar-refractivity contribution in [3.05, 3.63) is 41.3 Å². The van der Waals surface area contributed by atoms with E-state index in [9.17, 15) is 39.0 Å². The van der Waals surface area contributed by atoms with Crippen LogP contribution in [0.25, 0.3) is 0 Å². The Hall–Kier alpha value is -4.23. The summed E-state index contributed by atoms with van der Waals surface area (Å²) in [5, 5.41) is 28.3. The van der Waals surface area contributed by atoms with Crippen molar-refractivity contribution in [1.29, 1.82) is 0 Å². The van der Waals surface area contributed by atoms with Crippen LogP contribution in [0.15, 0.2) is 28.9 Å². The number of aromatic nitrogens is 1. The molecule has 1 aromatic carbocycles. The Kier molecular flexibility index (Phi) is 5.80. The summed E-state index contributed by atoms with van der Waals surface area (Å²) in [6, 6.07) is 3.04. The molecular weight excluding hydrogens is 500 g/mol. The summed E-state index contributed by atoms with van der Waals surface area (Å²) >= 11 is 0. The SMILES string of the molecule is CN(C)[C@@H]1C(=O)C(C(N)=O)C(=O)[C@@]2(O)C(=O)C3C(=O)c4c(ccc(NC(=O)c5ccno5)c4O)C[C@H]3C[C@@H]12. The maximum Gasteiger partial charge on any atom is 0.294 e. The van der Waals surface area contributed by atoms with E-state index in [4.69, 9.17) is 10.3 Å². The molecule has 1 aromatic heterocycles. The van der Waals surface area contributed by atoms with Crippen molar-refractivity contribution < 1.29 is 43.5 Å². The first-order valence-electron chi connectivity index (χ1n) is 11.8. The third-order valence-electron chi connectivity index (χ3n) is 7.84. The molecule has 0 bridgehead atoms. The lowest BCUT2D eigenvalue weighted by Gasteiger charge is -2.52. The molecule has 0 spiro atoms. The first-order valence-corrected chi connectivity index (χ1v) is 11.8. The number of phenols is 1. The first-order chi connectivity index (χ1) is 17.9. The molecule has 13 heteroatoms. The number of ketones is 4. The number of aromatic hydroxyl groups is 1. The van der Waals surface area contributed by atoms with E-state index in [0.29, 0.717) is 5.56 Å². The molecule has 0 saturated heterocycles. The molecule has 3 aliphatic carbocycles. The number of aliphatic hydroxyl groups is 1. The first kappa shape index (κ1) is 25.4. The molecule has 2 fully saturated rings. The van der Waals surface area contributed by atoms with E-state index in [1.54, 1.807) is 0 Å². The molecule has 1 heterocycles. The highest BCUT2D eigenvalue weighted by molar-refractivity contribution is 6.32. The van der Waals surface area contributed by atoms with Gasteiger partial charge in [0, 0.05) is 12.0 Å². The number of Topliss-reactive ketones (excluding diaryl/α,β-unsaturated/α-hetero) is 4. The van der Waals surface area contributed by atoms with Crippen LogP contribution in [0.3, 0.4) is 0 Å². The van der Waals surface area contributed by atoms with Crippen molar-refractivity contribution in [1.82, 2.24) is 10.1 Å². The molecule has 2 aromatic rings. The number of rotatable bonds is 4. The highest BCUT2D eigenvalue weighted by Crippen LogP contribution is 2.51. The molecule has 5 rings (SSSR count). The second-order valence-electron chi connectivity index (χ2n) is 10.1. The molecule has 13 nitrogen and oxygen atoms in total. The second kappa shape index (κ2) is 8.67. The maximum absolute atomic E-state index is 13.8. The molecule has 5 N–H and O–H groups in total. The third-order valence-corrected chi connectivity index (χ3v) is 7.84. The van der Waals surface area contributed by atoms with Crippen molar-refractivity contribution >= 4 is 40.6 Å². The zero-order chi connectivity index (χ0) is 27.7. The van der Waals surface area contributed by atoms with Gasteiger partial charge >= 0.3 is 0 Å². The largest absolute Gasteiger partial charge is 0.505 e. The number of nitrogens with two attached hydrogens (primary N) is 1. The van der Waals surface area contributed by atoms with Gasteiger partial charge in [-0.25, -0.2) is 0 Å². The van der Waals surface area contributed by atoms with Gasteiger partial charge in [-0.3, -0.25) is 33.7 Å². The number of nitrogens with one attached hydrogen (secondary N) is 1. The van der Waals surface area contributed by atoms with Gasteiger partial charge in [-0.15, -0.1) is 0 Å². The number of carbonyl (C=O) groups is 6. The van der Waals surface area contributed by atoms with Crippen LogP contribution in [0.4, 0.5) is 5.69 Å². The van der Waals surface area contributed by atoms with E-state index in [2.05, 4.69) is 10.5 Å². The van der Waals surface area contributed by atoms with E-state index in [1.807, 2.05) is 0 Å². The van der Waals surface area contributed by atoms with Crippen molar-refractivity contribution in [3.8, 4) is 5.75 Å². The van der Waals surface area contributed by atoms with Crippen molar-refractivity contribution in [2.75, 3.05) is 19.4 Å². The van der Waals surface area contributed by atoms with Crippen LogP contribution in [-0.2, 0) is 25.6 Å².